The molecule has 2 heterocycles. The molecular formula is C17H19FN4O. The van der Waals surface area contributed by atoms with Gasteiger partial charge in [-0.2, -0.15) is 0 Å². The Kier molecular flexibility index (Phi) is 4.83. The molecule has 0 radical (unpaired) electrons. The highest BCUT2D eigenvalue weighted by molar-refractivity contribution is 5.82. The normalized spacial score (nSPS) is 17.8. The Morgan fingerprint density at radius 3 is 2.87 bits per heavy atom. The molecule has 1 aliphatic heterocycles. The van der Waals surface area contributed by atoms with Gasteiger partial charge in [0, 0.05) is 31.5 Å². The molecule has 0 saturated carbocycles. The predicted molar refractivity (Wildman–Crippen MR) is 86.5 cm³/mol. The first kappa shape index (κ1) is 15.4. The third-order valence-electron chi connectivity index (χ3n) is 3.85. The molecule has 0 spiro atoms. The van der Waals surface area contributed by atoms with Gasteiger partial charge in [-0.3, -0.25) is 9.78 Å². The van der Waals surface area contributed by atoms with Gasteiger partial charge in [0.05, 0.1) is 12.2 Å². The van der Waals surface area contributed by atoms with Gasteiger partial charge in [0.2, 0.25) is 5.91 Å². The molecule has 2 aromatic rings. The molecule has 0 bridgehead atoms. The van der Waals surface area contributed by atoms with E-state index in [0.29, 0.717) is 19.6 Å². The van der Waals surface area contributed by atoms with E-state index in [1.165, 1.54) is 12.1 Å². The number of hydrogen-bond donors (Lipinski definition) is 2. The number of hydrogen-bond acceptors (Lipinski definition) is 4. The van der Waals surface area contributed by atoms with Gasteiger partial charge in [-0.15, -0.1) is 0 Å². The Balaban J connectivity index is 1.57. The van der Waals surface area contributed by atoms with Crippen LogP contribution < -0.4 is 15.5 Å². The highest BCUT2D eigenvalue weighted by Crippen LogP contribution is 2.16. The summed E-state index contributed by atoms with van der Waals surface area (Å²) in [5, 5.41) is 6.12. The van der Waals surface area contributed by atoms with Gasteiger partial charge >= 0.3 is 0 Å². The number of benzene rings is 1. The molecule has 1 aromatic carbocycles. The van der Waals surface area contributed by atoms with Crippen molar-refractivity contribution in [2.45, 2.75) is 12.6 Å². The van der Waals surface area contributed by atoms with Crippen molar-refractivity contribution in [1.29, 1.82) is 0 Å². The number of nitrogens with one attached hydrogen (secondary N) is 2. The molecule has 1 saturated heterocycles. The molecule has 3 rings (SSSR count). The van der Waals surface area contributed by atoms with Crippen molar-refractivity contribution in [2.75, 3.05) is 24.5 Å². The summed E-state index contributed by atoms with van der Waals surface area (Å²) in [6, 6.07) is 11.7. The van der Waals surface area contributed by atoms with Crippen molar-refractivity contribution in [3.63, 3.8) is 0 Å². The third-order valence-corrected chi connectivity index (χ3v) is 3.85. The monoisotopic (exact) mass is 314 g/mol. The summed E-state index contributed by atoms with van der Waals surface area (Å²) in [5.41, 5.74) is 1.75. The molecule has 2 N–H and O–H groups in total. The highest BCUT2D eigenvalue weighted by atomic mass is 19.1. The van der Waals surface area contributed by atoms with Crippen LogP contribution in [0.1, 0.15) is 5.69 Å². The van der Waals surface area contributed by atoms with Crippen LogP contribution in [0.5, 0.6) is 0 Å². The Morgan fingerprint density at radius 1 is 1.30 bits per heavy atom. The van der Waals surface area contributed by atoms with Gasteiger partial charge in [0.1, 0.15) is 11.9 Å². The fourth-order valence-electron chi connectivity index (χ4n) is 2.62. The zero-order chi connectivity index (χ0) is 16.1. The molecule has 1 aromatic heterocycles. The van der Waals surface area contributed by atoms with Crippen LogP contribution in [-0.2, 0) is 11.3 Å². The fourth-order valence-corrected chi connectivity index (χ4v) is 2.62. The summed E-state index contributed by atoms with van der Waals surface area (Å²) in [6.45, 7) is 2.46. The summed E-state index contributed by atoms with van der Waals surface area (Å²) in [6.07, 6.45) is 1.70. The van der Waals surface area contributed by atoms with Gasteiger partial charge in [-0.1, -0.05) is 6.07 Å². The van der Waals surface area contributed by atoms with Crippen LogP contribution in [0.4, 0.5) is 10.1 Å². The number of piperazine rings is 1. The van der Waals surface area contributed by atoms with Crippen LogP contribution in [0.15, 0.2) is 48.7 Å². The molecule has 5 nitrogen and oxygen atoms in total. The summed E-state index contributed by atoms with van der Waals surface area (Å²) >= 11 is 0. The molecule has 1 fully saturated rings. The average molecular weight is 314 g/mol. The number of aromatic nitrogens is 1. The van der Waals surface area contributed by atoms with Crippen molar-refractivity contribution in [1.82, 2.24) is 15.6 Å². The molecule has 1 amide bonds. The van der Waals surface area contributed by atoms with E-state index in [1.807, 2.05) is 18.2 Å². The summed E-state index contributed by atoms with van der Waals surface area (Å²) in [7, 11) is 0. The number of halogens is 1. The summed E-state index contributed by atoms with van der Waals surface area (Å²) < 4.78 is 13.0. The van der Waals surface area contributed by atoms with Gasteiger partial charge in [-0.05, 0) is 36.4 Å². The lowest BCUT2D eigenvalue weighted by molar-refractivity contribution is -0.123. The summed E-state index contributed by atoms with van der Waals surface area (Å²) in [4.78, 5) is 18.6. The minimum Gasteiger partial charge on any atom is -0.368 e. The first-order valence-corrected chi connectivity index (χ1v) is 7.64. The van der Waals surface area contributed by atoms with Crippen molar-refractivity contribution in [2.24, 2.45) is 0 Å². The molecule has 1 aliphatic rings. The third kappa shape index (κ3) is 4.04. The number of amides is 1. The SMILES string of the molecule is O=C(NCc1ccccn1)C1CN(c2ccc(F)cc2)CCN1. The lowest BCUT2D eigenvalue weighted by atomic mass is 10.1. The van der Waals surface area contributed by atoms with Crippen molar-refractivity contribution >= 4 is 11.6 Å². The van der Waals surface area contributed by atoms with E-state index < -0.39 is 0 Å². The van der Waals surface area contributed by atoms with E-state index in [0.717, 1.165) is 17.9 Å². The molecule has 1 unspecified atom stereocenters. The summed E-state index contributed by atoms with van der Waals surface area (Å²) in [5.74, 6) is -0.309. The lowest BCUT2D eigenvalue weighted by Gasteiger charge is -2.34. The first-order chi connectivity index (χ1) is 11.2. The van der Waals surface area contributed by atoms with Crippen molar-refractivity contribution < 1.29 is 9.18 Å². The average Bonchev–Trinajstić information content (AvgIpc) is 2.61. The Labute approximate surface area is 134 Å². The maximum absolute atomic E-state index is 13.0. The second-order valence-electron chi connectivity index (χ2n) is 5.47. The second kappa shape index (κ2) is 7.19. The Bertz CT molecular complexity index is 647. The topological polar surface area (TPSA) is 57.3 Å². The van der Waals surface area contributed by atoms with Crippen LogP contribution in [-0.4, -0.2) is 36.6 Å². The molecule has 0 aliphatic carbocycles. The number of nitrogens with zero attached hydrogens (tertiary/aromatic N) is 2. The van der Waals surface area contributed by atoms with Crippen LogP contribution in [0, 0.1) is 5.82 Å². The zero-order valence-electron chi connectivity index (χ0n) is 12.7. The Morgan fingerprint density at radius 2 is 2.13 bits per heavy atom. The van der Waals surface area contributed by atoms with Crippen molar-refractivity contribution in [3.8, 4) is 0 Å². The van der Waals surface area contributed by atoms with E-state index in [9.17, 15) is 9.18 Å². The lowest BCUT2D eigenvalue weighted by Crippen LogP contribution is -2.57. The first-order valence-electron chi connectivity index (χ1n) is 7.64. The fraction of sp³-hybridized carbons (Fsp3) is 0.294. The number of carbonyl (C=O) groups is 1. The minimum atomic E-state index is -0.294. The number of rotatable bonds is 4. The minimum absolute atomic E-state index is 0.0533. The van der Waals surface area contributed by atoms with Gasteiger partial charge < -0.3 is 15.5 Å². The van der Waals surface area contributed by atoms with Crippen LogP contribution in [0.2, 0.25) is 0 Å². The smallest absolute Gasteiger partial charge is 0.239 e. The number of carbonyl (C=O) groups excluding carboxylic acids is 1. The maximum atomic E-state index is 13.0. The van der Waals surface area contributed by atoms with Crippen LogP contribution in [0.3, 0.4) is 0 Å². The highest BCUT2D eigenvalue weighted by Gasteiger charge is 2.25. The van der Waals surface area contributed by atoms with E-state index in [2.05, 4.69) is 20.5 Å². The Hall–Kier alpha value is -2.47. The van der Waals surface area contributed by atoms with E-state index in [-0.39, 0.29) is 17.8 Å². The second-order valence-corrected chi connectivity index (χ2v) is 5.47. The molecule has 120 valence electrons. The van der Waals surface area contributed by atoms with Crippen LogP contribution >= 0.6 is 0 Å². The van der Waals surface area contributed by atoms with Crippen LogP contribution in [0.25, 0.3) is 0 Å². The number of pyridine rings is 1. The largest absolute Gasteiger partial charge is 0.368 e. The van der Waals surface area contributed by atoms with E-state index in [1.54, 1.807) is 18.3 Å². The van der Waals surface area contributed by atoms with Gasteiger partial charge in [0.15, 0.2) is 0 Å². The molecule has 6 heteroatoms. The van der Waals surface area contributed by atoms with E-state index in [4.69, 9.17) is 0 Å². The molecule has 23 heavy (non-hydrogen) atoms. The van der Waals surface area contributed by atoms with E-state index >= 15 is 0 Å². The molecular weight excluding hydrogens is 295 g/mol. The predicted octanol–water partition coefficient (Wildman–Crippen LogP) is 1.32. The maximum Gasteiger partial charge on any atom is 0.239 e. The number of anilines is 1. The zero-order valence-corrected chi connectivity index (χ0v) is 12.7. The molecule has 1 atom stereocenters. The quantitative estimate of drug-likeness (QED) is 0.893. The van der Waals surface area contributed by atoms with Crippen molar-refractivity contribution in [3.05, 3.63) is 60.2 Å². The van der Waals surface area contributed by atoms with Gasteiger partial charge in [0.25, 0.3) is 0 Å². The van der Waals surface area contributed by atoms with Gasteiger partial charge in [-0.25, -0.2) is 4.39 Å². The standard InChI is InChI=1S/C17H19FN4O/c18-13-4-6-15(7-5-13)22-10-9-20-16(12-22)17(23)21-11-14-3-1-2-8-19-14/h1-8,16,20H,9-12H2,(H,21,23).